The fourth-order valence-electron chi connectivity index (χ4n) is 1.54. The molecule has 1 unspecified atom stereocenters. The molecule has 1 heterocycles. The summed E-state index contributed by atoms with van der Waals surface area (Å²) in [6.45, 7) is 5.07. The molecule has 14 heavy (non-hydrogen) atoms. The minimum atomic E-state index is 0.256. The molecule has 0 saturated carbocycles. The molecule has 1 atom stereocenters. The highest BCUT2D eigenvalue weighted by atomic mass is 16.3. The predicted molar refractivity (Wildman–Crippen MR) is 57.9 cm³/mol. The zero-order valence-electron chi connectivity index (χ0n) is 8.84. The Balaban J connectivity index is 2.68. The fraction of sp³-hybridized carbons (Fsp3) is 0.500. The van der Waals surface area contributed by atoms with Crippen LogP contribution in [0.25, 0.3) is 0 Å². The van der Waals surface area contributed by atoms with E-state index in [9.17, 15) is 0 Å². The summed E-state index contributed by atoms with van der Waals surface area (Å²) >= 11 is 0. The molecular weight excluding hydrogens is 174 g/mol. The van der Waals surface area contributed by atoms with Crippen LogP contribution in [0.5, 0.6) is 0 Å². The Bertz CT molecular complexity index is 308. The third-order valence-electron chi connectivity index (χ3n) is 2.25. The summed E-state index contributed by atoms with van der Waals surface area (Å²) in [6, 6.07) is 2.24. The van der Waals surface area contributed by atoms with E-state index in [1.807, 2.05) is 6.07 Å². The molecule has 1 N–H and O–H groups in total. The Morgan fingerprint density at radius 2 is 2.43 bits per heavy atom. The van der Waals surface area contributed by atoms with Crippen LogP contribution in [0.2, 0.25) is 0 Å². The van der Waals surface area contributed by atoms with Crippen molar-refractivity contribution in [2.24, 2.45) is 0 Å². The van der Waals surface area contributed by atoms with Crippen LogP contribution in [0, 0.1) is 19.3 Å². The smallest absolute Gasteiger partial charge is 0.123 e. The second-order valence-electron chi connectivity index (χ2n) is 3.32. The summed E-state index contributed by atoms with van der Waals surface area (Å²) in [4.78, 5) is 0. The average molecular weight is 191 g/mol. The summed E-state index contributed by atoms with van der Waals surface area (Å²) < 4.78 is 5.44. The molecule has 1 rings (SSSR count). The van der Waals surface area contributed by atoms with E-state index < -0.39 is 0 Å². The number of hydrogen-bond acceptors (Lipinski definition) is 2. The lowest BCUT2D eigenvalue weighted by Crippen LogP contribution is -2.20. The van der Waals surface area contributed by atoms with E-state index in [0.717, 1.165) is 25.1 Å². The second kappa shape index (κ2) is 5.51. The van der Waals surface area contributed by atoms with Crippen LogP contribution in [-0.4, -0.2) is 6.54 Å². The largest absolute Gasteiger partial charge is 0.467 e. The van der Waals surface area contributed by atoms with Gasteiger partial charge in [0.15, 0.2) is 0 Å². The Labute approximate surface area is 85.7 Å². The van der Waals surface area contributed by atoms with Crippen molar-refractivity contribution < 1.29 is 4.42 Å². The number of nitrogens with one attached hydrogen (secondary N) is 1. The van der Waals surface area contributed by atoms with Crippen molar-refractivity contribution in [3.05, 3.63) is 23.7 Å². The van der Waals surface area contributed by atoms with Gasteiger partial charge in [0.05, 0.1) is 12.3 Å². The molecule has 0 spiro atoms. The highest BCUT2D eigenvalue weighted by Gasteiger charge is 2.14. The van der Waals surface area contributed by atoms with Crippen LogP contribution in [0.1, 0.15) is 37.1 Å². The van der Waals surface area contributed by atoms with E-state index in [4.69, 9.17) is 10.8 Å². The number of rotatable bonds is 5. The molecular formula is C12H17NO. The molecule has 0 bridgehead atoms. The molecule has 0 aliphatic rings. The van der Waals surface area contributed by atoms with Gasteiger partial charge >= 0.3 is 0 Å². The number of terminal acetylenes is 1. The first-order valence-corrected chi connectivity index (χ1v) is 5.00. The second-order valence-corrected chi connectivity index (χ2v) is 3.32. The van der Waals surface area contributed by atoms with Crippen LogP contribution in [0.15, 0.2) is 16.7 Å². The molecule has 76 valence electrons. The predicted octanol–water partition coefficient (Wildman–Crippen LogP) is 2.65. The molecule has 0 aliphatic carbocycles. The van der Waals surface area contributed by atoms with Gasteiger partial charge in [-0.05, 0) is 31.5 Å². The maximum atomic E-state index is 5.44. The highest BCUT2D eigenvalue weighted by Crippen LogP contribution is 2.22. The molecule has 0 aliphatic heterocycles. The van der Waals surface area contributed by atoms with Gasteiger partial charge in [0.25, 0.3) is 0 Å². The van der Waals surface area contributed by atoms with E-state index in [2.05, 4.69) is 25.1 Å². The molecule has 0 saturated heterocycles. The van der Waals surface area contributed by atoms with Gasteiger partial charge in [0, 0.05) is 6.42 Å². The third-order valence-corrected chi connectivity index (χ3v) is 2.25. The lowest BCUT2D eigenvalue weighted by Gasteiger charge is -2.14. The number of hydrogen-bond donors (Lipinski definition) is 1. The first kappa shape index (κ1) is 10.9. The Morgan fingerprint density at radius 3 is 2.93 bits per heavy atom. The monoisotopic (exact) mass is 191 g/mol. The van der Waals surface area contributed by atoms with Crippen molar-refractivity contribution in [2.75, 3.05) is 6.54 Å². The van der Waals surface area contributed by atoms with Crippen LogP contribution < -0.4 is 5.32 Å². The molecule has 2 nitrogen and oxygen atoms in total. The molecule has 1 aromatic heterocycles. The maximum Gasteiger partial charge on any atom is 0.123 e. The third kappa shape index (κ3) is 2.65. The number of aryl methyl sites for hydroxylation is 1. The van der Waals surface area contributed by atoms with Crippen molar-refractivity contribution in [1.82, 2.24) is 5.32 Å². The molecule has 2 heteroatoms. The van der Waals surface area contributed by atoms with E-state index >= 15 is 0 Å². The van der Waals surface area contributed by atoms with Gasteiger partial charge in [-0.1, -0.05) is 6.92 Å². The first-order valence-electron chi connectivity index (χ1n) is 5.00. The summed E-state index contributed by atoms with van der Waals surface area (Å²) in [5.41, 5.74) is 1.19. The van der Waals surface area contributed by atoms with Crippen molar-refractivity contribution in [3.8, 4) is 12.3 Å². The first-order chi connectivity index (χ1) is 6.79. The van der Waals surface area contributed by atoms with E-state index in [1.54, 1.807) is 6.26 Å². The Kier molecular flexibility index (Phi) is 4.28. The standard InChI is InChI=1S/C12H17NO/c1-4-6-7-11(13-5-2)12-10(3)8-9-14-12/h1,8-9,11,13H,5-7H2,2-3H3. The van der Waals surface area contributed by atoms with Gasteiger partial charge in [-0.2, -0.15) is 0 Å². The zero-order valence-corrected chi connectivity index (χ0v) is 8.84. The molecule has 0 aromatic carbocycles. The molecule has 1 aromatic rings. The van der Waals surface area contributed by atoms with E-state index in [-0.39, 0.29) is 6.04 Å². The van der Waals surface area contributed by atoms with Gasteiger partial charge in [0.2, 0.25) is 0 Å². The minimum absolute atomic E-state index is 0.256. The van der Waals surface area contributed by atoms with E-state index in [0.29, 0.717) is 0 Å². The highest BCUT2D eigenvalue weighted by molar-refractivity contribution is 5.18. The van der Waals surface area contributed by atoms with Crippen molar-refractivity contribution >= 4 is 0 Å². The molecule has 0 radical (unpaired) electrons. The maximum absolute atomic E-state index is 5.44. The van der Waals surface area contributed by atoms with Gasteiger partial charge < -0.3 is 9.73 Å². The van der Waals surface area contributed by atoms with Gasteiger partial charge in [-0.3, -0.25) is 0 Å². The topological polar surface area (TPSA) is 25.2 Å². The lowest BCUT2D eigenvalue weighted by atomic mass is 10.1. The van der Waals surface area contributed by atoms with Gasteiger partial charge in [0.1, 0.15) is 5.76 Å². The van der Waals surface area contributed by atoms with Gasteiger partial charge in [-0.25, -0.2) is 0 Å². The zero-order chi connectivity index (χ0) is 10.4. The summed E-state index contributed by atoms with van der Waals surface area (Å²) in [5, 5.41) is 3.37. The molecule has 0 fully saturated rings. The summed E-state index contributed by atoms with van der Waals surface area (Å²) in [5.74, 6) is 3.67. The average Bonchev–Trinajstić information content (AvgIpc) is 2.59. The Morgan fingerprint density at radius 1 is 1.64 bits per heavy atom. The van der Waals surface area contributed by atoms with Gasteiger partial charge in [-0.15, -0.1) is 12.3 Å². The summed E-state index contributed by atoms with van der Waals surface area (Å²) in [6.07, 6.45) is 8.69. The summed E-state index contributed by atoms with van der Waals surface area (Å²) in [7, 11) is 0. The van der Waals surface area contributed by atoms with Crippen LogP contribution >= 0.6 is 0 Å². The number of furan rings is 1. The SMILES string of the molecule is C#CCCC(NCC)c1occc1C. The normalized spacial score (nSPS) is 12.4. The van der Waals surface area contributed by atoms with Crippen molar-refractivity contribution in [1.29, 1.82) is 0 Å². The van der Waals surface area contributed by atoms with E-state index in [1.165, 1.54) is 5.56 Å². The fourth-order valence-corrected chi connectivity index (χ4v) is 1.54. The Hall–Kier alpha value is -1.20. The van der Waals surface area contributed by atoms with Crippen molar-refractivity contribution in [2.45, 2.75) is 32.7 Å². The van der Waals surface area contributed by atoms with Crippen LogP contribution in [0.4, 0.5) is 0 Å². The minimum Gasteiger partial charge on any atom is -0.467 e. The van der Waals surface area contributed by atoms with Crippen LogP contribution in [-0.2, 0) is 0 Å². The quantitative estimate of drug-likeness (QED) is 0.724. The molecule has 0 amide bonds. The lowest BCUT2D eigenvalue weighted by molar-refractivity contribution is 0.402. The van der Waals surface area contributed by atoms with Crippen LogP contribution in [0.3, 0.4) is 0 Å². The van der Waals surface area contributed by atoms with Crippen molar-refractivity contribution in [3.63, 3.8) is 0 Å².